The molecule has 3 N–H and O–H groups in total. The molecule has 8 nitrogen and oxygen atoms in total. The molecular formula is C15H19N5O3S. The molecule has 0 spiro atoms. The van der Waals surface area contributed by atoms with Gasteiger partial charge in [-0.2, -0.15) is 5.10 Å². The van der Waals surface area contributed by atoms with E-state index in [1.165, 1.54) is 0 Å². The van der Waals surface area contributed by atoms with Crippen LogP contribution >= 0.6 is 0 Å². The molecule has 2 heterocycles. The second kappa shape index (κ2) is 6.25. The molecule has 3 aromatic rings. The quantitative estimate of drug-likeness (QED) is 0.577. The minimum Gasteiger partial charge on any atom is -0.306 e. The summed E-state index contributed by atoms with van der Waals surface area (Å²) in [7, 11) is -3.61. The van der Waals surface area contributed by atoms with Gasteiger partial charge in [0.05, 0.1) is 22.4 Å². The maximum absolute atomic E-state index is 12.3. The maximum Gasteiger partial charge on any atom is 0.326 e. The first kappa shape index (κ1) is 16.5. The number of aryl methyl sites for hydroxylation is 3. The number of sulfonamides is 1. The van der Waals surface area contributed by atoms with Crippen LogP contribution in [0.15, 0.2) is 34.0 Å². The van der Waals surface area contributed by atoms with Crippen molar-refractivity contribution in [3.63, 3.8) is 0 Å². The zero-order valence-corrected chi connectivity index (χ0v) is 14.3. The normalized spacial score (nSPS) is 12.1. The highest BCUT2D eigenvalue weighted by Crippen LogP contribution is 2.16. The van der Waals surface area contributed by atoms with E-state index in [1.807, 2.05) is 24.3 Å². The van der Waals surface area contributed by atoms with E-state index in [2.05, 4.69) is 19.9 Å². The Hall–Kier alpha value is -2.39. The van der Waals surface area contributed by atoms with Crippen molar-refractivity contribution in [2.24, 2.45) is 0 Å². The van der Waals surface area contributed by atoms with Crippen LogP contribution in [0.1, 0.15) is 17.8 Å². The van der Waals surface area contributed by atoms with Gasteiger partial charge in [-0.3, -0.25) is 9.67 Å². The molecule has 2 aromatic heterocycles. The molecule has 0 aliphatic rings. The minimum atomic E-state index is -3.61. The van der Waals surface area contributed by atoms with Gasteiger partial charge in [-0.15, -0.1) is 0 Å². The van der Waals surface area contributed by atoms with Crippen LogP contribution in [0.25, 0.3) is 11.0 Å². The van der Waals surface area contributed by atoms with Crippen LogP contribution in [0.5, 0.6) is 0 Å². The fourth-order valence-corrected chi connectivity index (χ4v) is 4.22. The summed E-state index contributed by atoms with van der Waals surface area (Å²) in [6.07, 6.45) is 0.497. The van der Waals surface area contributed by atoms with Crippen molar-refractivity contribution in [1.29, 1.82) is 0 Å². The predicted molar refractivity (Wildman–Crippen MR) is 90.4 cm³/mol. The lowest BCUT2D eigenvalue weighted by Crippen LogP contribution is -2.27. The monoisotopic (exact) mass is 349 g/mol. The third-order valence-corrected chi connectivity index (χ3v) is 5.58. The van der Waals surface area contributed by atoms with E-state index in [1.54, 1.807) is 18.4 Å². The molecular weight excluding hydrogens is 330 g/mol. The predicted octanol–water partition coefficient (Wildman–Crippen LogP) is 1.04. The molecule has 0 fully saturated rings. The Labute approximate surface area is 139 Å². The van der Waals surface area contributed by atoms with Crippen molar-refractivity contribution < 1.29 is 8.42 Å². The van der Waals surface area contributed by atoms with E-state index in [0.29, 0.717) is 24.4 Å². The molecule has 9 heteroatoms. The maximum atomic E-state index is 12.3. The van der Waals surface area contributed by atoms with E-state index >= 15 is 0 Å². The molecule has 128 valence electrons. The van der Waals surface area contributed by atoms with Crippen LogP contribution in [-0.4, -0.2) is 34.7 Å². The number of hydrogen-bond acceptors (Lipinski definition) is 4. The average Bonchev–Trinajstić information content (AvgIpc) is 3.03. The van der Waals surface area contributed by atoms with Gasteiger partial charge in [-0.25, -0.2) is 17.9 Å². The summed E-state index contributed by atoms with van der Waals surface area (Å²) < 4.78 is 28.8. The first-order valence-electron chi connectivity index (χ1n) is 7.59. The Bertz CT molecular complexity index is 1010. The van der Waals surface area contributed by atoms with Crippen molar-refractivity contribution in [2.75, 3.05) is 6.54 Å². The number of imidazole rings is 1. The highest BCUT2D eigenvalue weighted by atomic mass is 32.2. The number of fused-ring (bicyclic) bond motifs is 1. The first-order chi connectivity index (χ1) is 11.4. The Morgan fingerprint density at radius 3 is 2.71 bits per heavy atom. The van der Waals surface area contributed by atoms with Crippen molar-refractivity contribution >= 4 is 21.1 Å². The summed E-state index contributed by atoms with van der Waals surface area (Å²) in [5.41, 5.74) is 2.33. The number of aromatic nitrogens is 4. The third kappa shape index (κ3) is 3.00. The molecule has 0 amide bonds. The molecule has 0 saturated carbocycles. The molecule has 0 bridgehead atoms. The smallest absolute Gasteiger partial charge is 0.306 e. The van der Waals surface area contributed by atoms with Crippen LogP contribution < -0.4 is 10.4 Å². The molecule has 24 heavy (non-hydrogen) atoms. The number of H-pyrrole nitrogens is 2. The van der Waals surface area contributed by atoms with E-state index in [4.69, 9.17) is 0 Å². The van der Waals surface area contributed by atoms with Crippen molar-refractivity contribution in [3.05, 3.63) is 46.1 Å². The lowest BCUT2D eigenvalue weighted by molar-refractivity contribution is 0.568. The van der Waals surface area contributed by atoms with Crippen molar-refractivity contribution in [2.45, 2.75) is 31.7 Å². The highest BCUT2D eigenvalue weighted by Gasteiger charge is 2.21. The average molecular weight is 349 g/mol. The topological polar surface area (TPSA) is 113 Å². The molecule has 0 aliphatic carbocycles. The van der Waals surface area contributed by atoms with Gasteiger partial charge >= 0.3 is 5.69 Å². The number of aromatic amines is 2. The second-order valence-corrected chi connectivity index (χ2v) is 7.32. The number of benzene rings is 1. The van der Waals surface area contributed by atoms with E-state index in [-0.39, 0.29) is 17.1 Å². The van der Waals surface area contributed by atoms with Gasteiger partial charge in [0, 0.05) is 13.1 Å². The van der Waals surface area contributed by atoms with Gasteiger partial charge < -0.3 is 4.98 Å². The molecule has 1 aromatic carbocycles. The number of rotatable bonds is 6. The second-order valence-electron chi connectivity index (χ2n) is 5.61. The Balaban J connectivity index is 1.67. The largest absolute Gasteiger partial charge is 0.326 e. The lowest BCUT2D eigenvalue weighted by Gasteiger charge is -2.07. The van der Waals surface area contributed by atoms with Crippen LogP contribution in [0.2, 0.25) is 0 Å². The number of para-hydroxylation sites is 2. The van der Waals surface area contributed by atoms with Gasteiger partial charge in [0.25, 0.3) is 0 Å². The number of hydrogen-bond donors (Lipinski definition) is 3. The zero-order chi connectivity index (χ0) is 17.3. The van der Waals surface area contributed by atoms with Gasteiger partial charge in [0.2, 0.25) is 10.0 Å². The van der Waals surface area contributed by atoms with E-state index in [9.17, 15) is 13.2 Å². The van der Waals surface area contributed by atoms with E-state index < -0.39 is 10.0 Å². The number of nitrogens with zero attached hydrogens (tertiary/aromatic N) is 2. The van der Waals surface area contributed by atoms with Gasteiger partial charge in [-0.1, -0.05) is 12.1 Å². The summed E-state index contributed by atoms with van der Waals surface area (Å²) in [4.78, 5) is 14.9. The molecule has 0 saturated heterocycles. The summed E-state index contributed by atoms with van der Waals surface area (Å²) in [5.74, 6) is 0. The van der Waals surface area contributed by atoms with Gasteiger partial charge in [-0.05, 0) is 32.4 Å². The van der Waals surface area contributed by atoms with Crippen LogP contribution in [0.4, 0.5) is 0 Å². The molecule has 0 atom stereocenters. The molecule has 3 rings (SSSR count). The van der Waals surface area contributed by atoms with Crippen molar-refractivity contribution in [3.8, 4) is 0 Å². The lowest BCUT2D eigenvalue weighted by atomic mass is 10.3. The Morgan fingerprint density at radius 1 is 1.25 bits per heavy atom. The van der Waals surface area contributed by atoms with Gasteiger partial charge in [0.1, 0.15) is 4.90 Å². The third-order valence-electron chi connectivity index (χ3n) is 3.86. The SMILES string of the molecule is Cc1n[nH]c(C)c1S(=O)(=O)NCCCn1c(=O)[nH]c2ccccc21. The molecule has 0 unspecified atom stereocenters. The minimum absolute atomic E-state index is 0.187. The summed E-state index contributed by atoms with van der Waals surface area (Å²) in [6.45, 7) is 3.97. The first-order valence-corrected chi connectivity index (χ1v) is 9.07. The fourth-order valence-electron chi connectivity index (χ4n) is 2.78. The highest BCUT2D eigenvalue weighted by molar-refractivity contribution is 7.89. The Morgan fingerprint density at radius 2 is 2.00 bits per heavy atom. The summed E-state index contributed by atoms with van der Waals surface area (Å²) in [6, 6.07) is 7.40. The van der Waals surface area contributed by atoms with Crippen LogP contribution in [0, 0.1) is 13.8 Å². The molecule has 0 aliphatic heterocycles. The van der Waals surface area contributed by atoms with E-state index in [0.717, 1.165) is 11.0 Å². The summed E-state index contributed by atoms with van der Waals surface area (Å²) in [5, 5.41) is 6.57. The van der Waals surface area contributed by atoms with Crippen LogP contribution in [-0.2, 0) is 16.6 Å². The van der Waals surface area contributed by atoms with Crippen molar-refractivity contribution in [1.82, 2.24) is 24.5 Å². The fraction of sp³-hybridized carbons (Fsp3) is 0.333. The Kier molecular flexibility index (Phi) is 4.29. The standard InChI is InChI=1S/C15H19N5O3S/c1-10-14(11(2)19-18-10)24(22,23)16-8-5-9-20-13-7-4-3-6-12(13)17-15(20)21/h3-4,6-7,16H,5,8-9H2,1-2H3,(H,17,21)(H,18,19). The summed E-state index contributed by atoms with van der Waals surface area (Å²) >= 11 is 0. The van der Waals surface area contributed by atoms with Crippen LogP contribution in [0.3, 0.4) is 0 Å². The number of nitrogens with one attached hydrogen (secondary N) is 3. The molecule has 0 radical (unpaired) electrons. The zero-order valence-electron chi connectivity index (χ0n) is 13.5. The van der Waals surface area contributed by atoms with Gasteiger partial charge in [0.15, 0.2) is 0 Å².